The Bertz CT molecular complexity index is 716. The molecule has 3 heteroatoms. The van der Waals surface area contributed by atoms with Gasteiger partial charge in [-0.05, 0) is 23.6 Å². The Hall–Kier alpha value is -2.39. The molecule has 0 radical (unpaired) electrons. The number of rotatable bonds is 4. The molecule has 0 fully saturated rings. The Kier molecular flexibility index (Phi) is 3.84. The van der Waals surface area contributed by atoms with Crippen LogP contribution in [-0.4, -0.2) is 9.78 Å². The van der Waals surface area contributed by atoms with Gasteiger partial charge in [0.15, 0.2) is 0 Å². The van der Waals surface area contributed by atoms with Crippen LogP contribution in [0.15, 0.2) is 67.0 Å². The normalized spacial score (nSPS) is 12.3. The van der Waals surface area contributed by atoms with Gasteiger partial charge in [-0.1, -0.05) is 55.5 Å². The van der Waals surface area contributed by atoms with Gasteiger partial charge >= 0.3 is 0 Å². The van der Waals surface area contributed by atoms with E-state index in [4.69, 9.17) is 5.73 Å². The first-order valence-electron chi connectivity index (χ1n) is 7.24. The lowest BCUT2D eigenvalue weighted by molar-refractivity contribution is 0.686. The molecule has 1 aromatic heterocycles. The van der Waals surface area contributed by atoms with E-state index in [2.05, 4.69) is 42.5 Å². The van der Waals surface area contributed by atoms with Crippen molar-refractivity contribution >= 4 is 0 Å². The second-order valence-electron chi connectivity index (χ2n) is 5.11. The molecule has 0 bridgehead atoms. The highest BCUT2D eigenvalue weighted by Gasteiger charge is 2.11. The SMILES string of the molecule is CC[C@@H](N)c1ccccc1-n1cc(-c2ccccc2)cn1. The number of para-hydroxylation sites is 1. The van der Waals surface area contributed by atoms with E-state index >= 15 is 0 Å². The third kappa shape index (κ3) is 2.73. The summed E-state index contributed by atoms with van der Waals surface area (Å²) in [5.74, 6) is 0. The number of hydrogen-bond acceptors (Lipinski definition) is 2. The maximum atomic E-state index is 6.21. The van der Waals surface area contributed by atoms with E-state index in [0.29, 0.717) is 0 Å². The summed E-state index contributed by atoms with van der Waals surface area (Å²) in [7, 11) is 0. The van der Waals surface area contributed by atoms with Crippen LogP contribution in [0.2, 0.25) is 0 Å². The zero-order chi connectivity index (χ0) is 14.7. The molecule has 2 aromatic carbocycles. The topological polar surface area (TPSA) is 43.8 Å². The summed E-state index contributed by atoms with van der Waals surface area (Å²) < 4.78 is 1.91. The van der Waals surface area contributed by atoms with E-state index in [0.717, 1.165) is 23.2 Å². The standard InChI is InChI=1S/C18H19N3/c1-2-17(19)16-10-6-7-11-18(16)21-13-15(12-20-21)14-8-4-3-5-9-14/h3-13,17H,2,19H2,1H3/t17-/m1/s1. The highest BCUT2D eigenvalue weighted by molar-refractivity contribution is 5.62. The predicted octanol–water partition coefficient (Wildman–Crippen LogP) is 3.95. The molecule has 0 aliphatic heterocycles. The third-order valence-electron chi connectivity index (χ3n) is 3.71. The molecule has 0 unspecified atom stereocenters. The van der Waals surface area contributed by atoms with E-state index in [9.17, 15) is 0 Å². The molecule has 0 saturated carbocycles. The average molecular weight is 277 g/mol. The fraction of sp³-hybridized carbons (Fsp3) is 0.167. The summed E-state index contributed by atoms with van der Waals surface area (Å²) in [5, 5.41) is 4.50. The molecule has 0 amide bonds. The van der Waals surface area contributed by atoms with Crippen molar-refractivity contribution in [3.63, 3.8) is 0 Å². The lowest BCUT2D eigenvalue weighted by Gasteiger charge is -2.14. The summed E-state index contributed by atoms with van der Waals surface area (Å²) >= 11 is 0. The molecule has 21 heavy (non-hydrogen) atoms. The fourth-order valence-electron chi connectivity index (χ4n) is 2.46. The van der Waals surface area contributed by atoms with Crippen molar-refractivity contribution in [1.82, 2.24) is 9.78 Å². The Balaban J connectivity index is 2.01. The van der Waals surface area contributed by atoms with Crippen molar-refractivity contribution in [3.8, 4) is 16.8 Å². The second kappa shape index (κ2) is 5.94. The zero-order valence-electron chi connectivity index (χ0n) is 12.1. The minimum absolute atomic E-state index is 0.0329. The minimum Gasteiger partial charge on any atom is -0.324 e. The monoisotopic (exact) mass is 277 g/mol. The molecule has 2 N–H and O–H groups in total. The lowest BCUT2D eigenvalue weighted by Crippen LogP contribution is -2.12. The van der Waals surface area contributed by atoms with Gasteiger partial charge in [0.1, 0.15) is 0 Å². The molecule has 106 valence electrons. The summed E-state index contributed by atoms with van der Waals surface area (Å²) in [6, 6.07) is 18.5. The van der Waals surface area contributed by atoms with Crippen LogP contribution in [0.5, 0.6) is 0 Å². The summed E-state index contributed by atoms with van der Waals surface area (Å²) in [6.45, 7) is 2.10. The van der Waals surface area contributed by atoms with Gasteiger partial charge in [0.2, 0.25) is 0 Å². The Morgan fingerprint density at radius 1 is 1.00 bits per heavy atom. The molecule has 1 heterocycles. The second-order valence-corrected chi connectivity index (χ2v) is 5.11. The summed E-state index contributed by atoms with van der Waals surface area (Å²) in [6.07, 6.45) is 4.85. The van der Waals surface area contributed by atoms with Gasteiger partial charge in [-0.3, -0.25) is 0 Å². The largest absolute Gasteiger partial charge is 0.324 e. The van der Waals surface area contributed by atoms with Crippen molar-refractivity contribution in [2.75, 3.05) is 0 Å². The number of aromatic nitrogens is 2. The van der Waals surface area contributed by atoms with E-state index < -0.39 is 0 Å². The Morgan fingerprint density at radius 3 is 2.48 bits per heavy atom. The molecule has 0 spiro atoms. The van der Waals surface area contributed by atoms with Crippen molar-refractivity contribution in [1.29, 1.82) is 0 Å². The van der Waals surface area contributed by atoms with Crippen LogP contribution in [0.25, 0.3) is 16.8 Å². The van der Waals surface area contributed by atoms with E-state index in [-0.39, 0.29) is 6.04 Å². The van der Waals surface area contributed by atoms with E-state index in [1.807, 2.05) is 41.2 Å². The number of nitrogens with zero attached hydrogens (tertiary/aromatic N) is 2. The number of hydrogen-bond donors (Lipinski definition) is 1. The van der Waals surface area contributed by atoms with Crippen molar-refractivity contribution in [2.45, 2.75) is 19.4 Å². The lowest BCUT2D eigenvalue weighted by atomic mass is 10.0. The van der Waals surface area contributed by atoms with Gasteiger partial charge in [0.25, 0.3) is 0 Å². The zero-order valence-corrected chi connectivity index (χ0v) is 12.1. The molecule has 0 aliphatic carbocycles. The van der Waals surface area contributed by atoms with Crippen LogP contribution >= 0.6 is 0 Å². The molecular weight excluding hydrogens is 258 g/mol. The van der Waals surface area contributed by atoms with Crippen LogP contribution in [0.4, 0.5) is 0 Å². The van der Waals surface area contributed by atoms with E-state index in [1.54, 1.807) is 0 Å². The Morgan fingerprint density at radius 2 is 1.71 bits per heavy atom. The maximum absolute atomic E-state index is 6.21. The van der Waals surface area contributed by atoms with Crippen molar-refractivity contribution in [2.24, 2.45) is 5.73 Å². The molecule has 0 aliphatic rings. The maximum Gasteiger partial charge on any atom is 0.0693 e. The van der Waals surface area contributed by atoms with Crippen LogP contribution in [0.3, 0.4) is 0 Å². The molecule has 1 atom stereocenters. The van der Waals surface area contributed by atoms with Crippen LogP contribution in [-0.2, 0) is 0 Å². The summed E-state index contributed by atoms with van der Waals surface area (Å²) in [4.78, 5) is 0. The molecule has 3 aromatic rings. The first-order valence-corrected chi connectivity index (χ1v) is 7.24. The number of benzene rings is 2. The highest BCUT2D eigenvalue weighted by atomic mass is 15.3. The van der Waals surface area contributed by atoms with Crippen molar-refractivity contribution < 1.29 is 0 Å². The average Bonchev–Trinajstić information content (AvgIpc) is 3.05. The quantitative estimate of drug-likeness (QED) is 0.784. The highest BCUT2D eigenvalue weighted by Crippen LogP contribution is 2.24. The Labute approximate surface area is 125 Å². The first-order chi connectivity index (χ1) is 10.3. The molecule has 3 rings (SSSR count). The number of nitrogens with two attached hydrogens (primary N) is 1. The molecular formula is C18H19N3. The van der Waals surface area contributed by atoms with Crippen molar-refractivity contribution in [3.05, 3.63) is 72.6 Å². The van der Waals surface area contributed by atoms with Gasteiger partial charge in [-0.25, -0.2) is 4.68 Å². The predicted molar refractivity (Wildman–Crippen MR) is 86.2 cm³/mol. The molecule has 0 saturated heterocycles. The van der Waals surface area contributed by atoms with Gasteiger partial charge in [-0.2, -0.15) is 5.10 Å². The summed E-state index contributed by atoms with van der Waals surface area (Å²) in [5.41, 5.74) is 10.7. The molecule has 3 nitrogen and oxygen atoms in total. The smallest absolute Gasteiger partial charge is 0.0693 e. The van der Waals surface area contributed by atoms with E-state index in [1.165, 1.54) is 5.56 Å². The van der Waals surface area contributed by atoms with Gasteiger partial charge in [-0.15, -0.1) is 0 Å². The van der Waals surface area contributed by atoms with Gasteiger partial charge in [0.05, 0.1) is 11.9 Å². The minimum atomic E-state index is 0.0329. The fourth-order valence-corrected chi connectivity index (χ4v) is 2.46. The first kappa shape index (κ1) is 13.6. The van der Waals surface area contributed by atoms with Crippen LogP contribution < -0.4 is 5.73 Å². The van der Waals surface area contributed by atoms with Gasteiger partial charge < -0.3 is 5.73 Å². The third-order valence-corrected chi connectivity index (χ3v) is 3.71. The van der Waals surface area contributed by atoms with Gasteiger partial charge in [0, 0.05) is 17.8 Å². The van der Waals surface area contributed by atoms with Crippen LogP contribution in [0, 0.1) is 0 Å². The van der Waals surface area contributed by atoms with Crippen LogP contribution in [0.1, 0.15) is 24.9 Å².